The number of amides is 1. The first kappa shape index (κ1) is 25.8. The molecular weight excluding hydrogens is 501 g/mol. The number of hydrogen-bond donors (Lipinski definition) is 1. The van der Waals surface area contributed by atoms with Crippen LogP contribution < -0.4 is 0 Å². The van der Waals surface area contributed by atoms with Gasteiger partial charge < -0.3 is 14.4 Å². The Morgan fingerprint density at radius 2 is 1.83 bits per heavy atom. The molecule has 0 aliphatic carbocycles. The summed E-state index contributed by atoms with van der Waals surface area (Å²) in [6, 6.07) is 3.53. The number of nitrogens with zero attached hydrogens (tertiary/aromatic N) is 3. The van der Waals surface area contributed by atoms with Crippen molar-refractivity contribution in [2.75, 3.05) is 26.2 Å². The summed E-state index contributed by atoms with van der Waals surface area (Å²) < 4.78 is 98.8. The molecule has 2 aromatic rings. The van der Waals surface area contributed by atoms with Gasteiger partial charge >= 0.3 is 6.18 Å². The zero-order chi connectivity index (χ0) is 25.8. The number of fused-ring (bicyclic) bond motifs is 1. The second-order valence-electron chi connectivity index (χ2n) is 9.10. The molecule has 2 aliphatic heterocycles. The van der Waals surface area contributed by atoms with Crippen LogP contribution in [0.3, 0.4) is 0 Å². The third kappa shape index (κ3) is 4.51. The van der Waals surface area contributed by atoms with Crippen molar-refractivity contribution in [2.24, 2.45) is 0 Å². The molecule has 0 radical (unpaired) electrons. The number of carbonyl (C=O) groups is 1. The van der Waals surface area contributed by atoms with E-state index in [2.05, 4.69) is 4.98 Å². The van der Waals surface area contributed by atoms with E-state index in [4.69, 9.17) is 4.42 Å². The summed E-state index contributed by atoms with van der Waals surface area (Å²) in [6.45, 7) is -0.579. The van der Waals surface area contributed by atoms with E-state index in [0.29, 0.717) is 18.4 Å². The number of carbonyl (C=O) groups excluding carboxylic acids is 1. The van der Waals surface area contributed by atoms with E-state index >= 15 is 0 Å². The molecule has 35 heavy (non-hydrogen) atoms. The average Bonchev–Trinajstić information content (AvgIpc) is 3.15. The number of likely N-dealkylation sites (tertiary alicyclic amines) is 1. The van der Waals surface area contributed by atoms with Crippen molar-refractivity contribution in [2.45, 2.75) is 55.1 Å². The van der Waals surface area contributed by atoms with E-state index in [1.807, 2.05) is 0 Å². The van der Waals surface area contributed by atoms with E-state index < -0.39 is 58.4 Å². The van der Waals surface area contributed by atoms with Crippen LogP contribution in [-0.4, -0.2) is 82.7 Å². The summed E-state index contributed by atoms with van der Waals surface area (Å²) in [5, 5.41) is 8.51. The lowest BCUT2D eigenvalue weighted by molar-refractivity contribution is -0.327. The van der Waals surface area contributed by atoms with Crippen LogP contribution in [0, 0.1) is 0 Å². The van der Waals surface area contributed by atoms with Crippen LogP contribution in [0.4, 0.5) is 22.0 Å². The van der Waals surface area contributed by atoms with Gasteiger partial charge in [-0.1, -0.05) is 0 Å². The molecule has 1 N–H and O–H groups in total. The molecule has 0 aromatic carbocycles. The largest absolute Gasteiger partial charge is 0.462 e. The molecule has 1 atom stereocenters. The fourth-order valence-corrected chi connectivity index (χ4v) is 6.35. The quantitative estimate of drug-likeness (QED) is 0.582. The second kappa shape index (κ2) is 8.66. The zero-order valence-electron chi connectivity index (χ0n) is 18.6. The lowest BCUT2D eigenvalue weighted by Crippen LogP contribution is -2.64. The number of piperidine rings is 1. The van der Waals surface area contributed by atoms with E-state index in [1.54, 1.807) is 24.6 Å². The molecule has 1 unspecified atom stereocenters. The molecule has 0 saturated carbocycles. The number of furan rings is 1. The highest BCUT2D eigenvalue weighted by Crippen LogP contribution is 2.45. The molecule has 2 fully saturated rings. The van der Waals surface area contributed by atoms with Crippen molar-refractivity contribution < 1.29 is 44.7 Å². The predicted molar refractivity (Wildman–Crippen MR) is 113 cm³/mol. The number of aromatic nitrogens is 1. The Kier molecular flexibility index (Phi) is 6.37. The fourth-order valence-electron chi connectivity index (χ4n) is 4.47. The van der Waals surface area contributed by atoms with Gasteiger partial charge in [0.1, 0.15) is 10.8 Å². The maximum Gasteiger partial charge on any atom is 0.423 e. The summed E-state index contributed by atoms with van der Waals surface area (Å²) in [6.07, 6.45) is -3.39. The van der Waals surface area contributed by atoms with Gasteiger partial charge in [0.15, 0.2) is 5.58 Å². The number of sulfonamides is 1. The first-order valence-corrected chi connectivity index (χ1v) is 12.4. The Hall–Kier alpha value is -2.32. The third-order valence-corrected chi connectivity index (χ3v) is 9.06. The van der Waals surface area contributed by atoms with Crippen LogP contribution in [-0.2, 0) is 14.8 Å². The zero-order valence-corrected chi connectivity index (χ0v) is 19.5. The highest BCUT2D eigenvalue weighted by molar-refractivity contribution is 7.89. The van der Waals surface area contributed by atoms with E-state index in [1.165, 1.54) is 4.31 Å². The molecule has 0 spiro atoms. The molecule has 8 nitrogen and oxygen atoms in total. The third-order valence-electron chi connectivity index (χ3n) is 6.83. The van der Waals surface area contributed by atoms with Crippen LogP contribution in [0.15, 0.2) is 29.0 Å². The Bertz CT molecular complexity index is 1180. The van der Waals surface area contributed by atoms with Crippen LogP contribution in [0.1, 0.15) is 37.7 Å². The first-order valence-electron chi connectivity index (χ1n) is 10.9. The molecule has 2 aliphatic rings. The number of aliphatic hydroxyl groups is 1. The Balaban J connectivity index is 1.35. The molecule has 2 saturated heterocycles. The van der Waals surface area contributed by atoms with E-state index in [9.17, 15) is 40.3 Å². The minimum absolute atomic E-state index is 0.0350. The molecule has 14 heteroatoms. The molecule has 0 bridgehead atoms. The summed E-state index contributed by atoms with van der Waals surface area (Å²) in [7, 11) is -3.86. The van der Waals surface area contributed by atoms with Gasteiger partial charge in [-0.25, -0.2) is 21.5 Å². The maximum atomic E-state index is 13.5. The van der Waals surface area contributed by atoms with E-state index in [0.717, 1.165) is 16.0 Å². The van der Waals surface area contributed by atoms with Crippen LogP contribution in [0.2, 0.25) is 0 Å². The van der Waals surface area contributed by atoms with Gasteiger partial charge in [-0.15, -0.1) is 0 Å². The van der Waals surface area contributed by atoms with Gasteiger partial charge in [-0.05, 0) is 30.9 Å². The normalized spacial score (nSPS) is 21.2. The van der Waals surface area contributed by atoms with Crippen molar-refractivity contribution >= 4 is 27.0 Å². The lowest BCUT2D eigenvalue weighted by atomic mass is 9.90. The smallest absolute Gasteiger partial charge is 0.423 e. The monoisotopic (exact) mass is 525 g/mol. The summed E-state index contributed by atoms with van der Waals surface area (Å²) in [4.78, 5) is 17.2. The Labute approximate surface area is 197 Å². The number of halogens is 5. The molecule has 4 heterocycles. The van der Waals surface area contributed by atoms with Crippen LogP contribution in [0.25, 0.3) is 11.1 Å². The predicted octanol–water partition coefficient (Wildman–Crippen LogP) is 2.89. The minimum Gasteiger partial charge on any atom is -0.462 e. The summed E-state index contributed by atoms with van der Waals surface area (Å²) >= 11 is 0. The number of alkyl halides is 5. The van der Waals surface area contributed by atoms with Crippen molar-refractivity contribution in [3.63, 3.8) is 0 Å². The van der Waals surface area contributed by atoms with Gasteiger partial charge in [0.2, 0.25) is 21.5 Å². The van der Waals surface area contributed by atoms with Crippen molar-refractivity contribution in [1.29, 1.82) is 0 Å². The van der Waals surface area contributed by atoms with Gasteiger partial charge in [0.05, 0.1) is 12.7 Å². The van der Waals surface area contributed by atoms with Crippen LogP contribution in [0.5, 0.6) is 0 Å². The SMILES string of the molecule is CC(F)(F)C(O)(CC(=O)N1CC(S(=O)(=O)N2CCC(c3coc4cccnc34)CC2)C1)C(F)(F)F. The van der Waals surface area contributed by atoms with Crippen LogP contribution >= 0.6 is 0 Å². The number of hydrogen-bond acceptors (Lipinski definition) is 6. The van der Waals surface area contributed by atoms with Gasteiger partial charge in [-0.2, -0.15) is 13.2 Å². The Morgan fingerprint density at radius 3 is 2.40 bits per heavy atom. The number of rotatable bonds is 6. The van der Waals surface area contributed by atoms with E-state index in [-0.39, 0.29) is 25.9 Å². The first-order chi connectivity index (χ1) is 16.1. The summed E-state index contributed by atoms with van der Waals surface area (Å²) in [5.74, 6) is -5.99. The molecule has 1 amide bonds. The molecule has 2 aromatic heterocycles. The van der Waals surface area contributed by atoms with Gasteiger partial charge in [0, 0.05) is 44.9 Å². The number of pyridine rings is 1. The standard InChI is InChI=1S/C21H24F5N3O5S/c1-19(22,23)20(31,21(24,25)26)9-17(30)28-10-14(11-28)35(32,33)29-7-4-13(5-8-29)15-12-34-16-3-2-6-27-18(15)16/h2-3,6,12-14,31H,4-5,7-11H2,1H3. The van der Waals surface area contributed by atoms with Gasteiger partial charge in [0.25, 0.3) is 5.92 Å². The lowest BCUT2D eigenvalue weighted by Gasteiger charge is -2.44. The molecule has 4 rings (SSSR count). The average molecular weight is 525 g/mol. The summed E-state index contributed by atoms with van der Waals surface area (Å²) in [5.41, 5.74) is -2.30. The van der Waals surface area contributed by atoms with Crippen molar-refractivity contribution in [3.05, 3.63) is 30.2 Å². The minimum atomic E-state index is -5.75. The topological polar surface area (TPSA) is 104 Å². The fraction of sp³-hybridized carbons (Fsp3) is 0.619. The molecule has 194 valence electrons. The Morgan fingerprint density at radius 1 is 1.20 bits per heavy atom. The van der Waals surface area contributed by atoms with Crippen molar-refractivity contribution in [1.82, 2.24) is 14.2 Å². The second-order valence-corrected chi connectivity index (χ2v) is 11.3. The maximum absolute atomic E-state index is 13.5. The molecular formula is C21H24F5N3O5S. The highest BCUT2D eigenvalue weighted by Gasteiger charge is 2.68. The van der Waals surface area contributed by atoms with Gasteiger partial charge in [-0.3, -0.25) is 9.78 Å². The highest BCUT2D eigenvalue weighted by atomic mass is 32.2. The van der Waals surface area contributed by atoms with Crippen molar-refractivity contribution in [3.8, 4) is 0 Å².